The molecule has 0 saturated carbocycles. The number of nitrogens with zero attached hydrogens (tertiary/aromatic N) is 1. The van der Waals surface area contributed by atoms with E-state index in [4.69, 9.17) is 5.26 Å². The van der Waals surface area contributed by atoms with Crippen LogP contribution in [0.25, 0.3) is 10.9 Å². The number of rotatable bonds is 4. The van der Waals surface area contributed by atoms with Gasteiger partial charge in [-0.25, -0.2) is 17.6 Å². The van der Waals surface area contributed by atoms with Gasteiger partial charge in [-0.2, -0.15) is 5.26 Å². The molecule has 1 aliphatic rings. The van der Waals surface area contributed by atoms with Crippen molar-refractivity contribution in [2.45, 2.75) is 29.2 Å². The minimum absolute atomic E-state index is 0.0313. The summed E-state index contributed by atoms with van der Waals surface area (Å²) in [4.78, 5) is 15.4. The monoisotopic (exact) mass is 426 g/mol. The van der Waals surface area contributed by atoms with Crippen LogP contribution >= 0.6 is 0 Å². The Bertz CT molecular complexity index is 1280. The molecule has 6 nitrogen and oxygen atoms in total. The number of esters is 1. The van der Waals surface area contributed by atoms with Crippen LogP contribution in [0.15, 0.2) is 53.4 Å². The SMILES string of the molecule is COC(=O)C(F)(C1CCc2c([nH]c3ccc(C#N)cc23)C1)S(=O)(=O)c1ccccc1. The van der Waals surface area contributed by atoms with Gasteiger partial charge in [0.05, 0.1) is 23.6 Å². The number of nitrogens with one attached hydrogen (secondary N) is 1. The molecule has 0 amide bonds. The molecule has 30 heavy (non-hydrogen) atoms. The number of fused-ring (bicyclic) bond motifs is 3. The number of nitriles is 1. The van der Waals surface area contributed by atoms with Gasteiger partial charge in [0.15, 0.2) is 0 Å². The summed E-state index contributed by atoms with van der Waals surface area (Å²) in [5, 5.41) is 6.79. The van der Waals surface area contributed by atoms with Gasteiger partial charge in [-0.05, 0) is 55.2 Å². The van der Waals surface area contributed by atoms with Gasteiger partial charge in [0.1, 0.15) is 0 Å². The number of aryl methyl sites for hydroxylation is 1. The number of sulfone groups is 1. The molecule has 0 fully saturated rings. The number of halogens is 1. The topological polar surface area (TPSA) is 100 Å². The molecule has 1 heterocycles. The van der Waals surface area contributed by atoms with Gasteiger partial charge in [-0.1, -0.05) is 18.2 Å². The Balaban J connectivity index is 1.80. The zero-order chi connectivity index (χ0) is 21.5. The number of alkyl halides is 1. The first kappa shape index (κ1) is 20.1. The van der Waals surface area contributed by atoms with E-state index in [1.807, 2.05) is 0 Å². The second kappa shape index (κ2) is 7.26. The Hall–Kier alpha value is -3.18. The Morgan fingerprint density at radius 1 is 1.27 bits per heavy atom. The molecule has 0 aliphatic heterocycles. The van der Waals surface area contributed by atoms with Crippen molar-refractivity contribution < 1.29 is 22.3 Å². The van der Waals surface area contributed by atoms with Gasteiger partial charge in [0, 0.05) is 22.5 Å². The lowest BCUT2D eigenvalue weighted by atomic mass is 9.83. The van der Waals surface area contributed by atoms with Gasteiger partial charge in [0.2, 0.25) is 9.84 Å². The van der Waals surface area contributed by atoms with Crippen LogP contribution in [0, 0.1) is 17.2 Å². The van der Waals surface area contributed by atoms with Crippen LogP contribution in [-0.2, 0) is 32.2 Å². The number of aromatic amines is 1. The fraction of sp³-hybridized carbons (Fsp3) is 0.273. The van der Waals surface area contributed by atoms with Crippen molar-refractivity contribution in [3.8, 4) is 6.07 Å². The first-order valence-corrected chi connectivity index (χ1v) is 10.9. The third-order valence-electron chi connectivity index (χ3n) is 5.75. The van der Waals surface area contributed by atoms with E-state index in [0.717, 1.165) is 23.6 Å². The largest absolute Gasteiger partial charge is 0.466 e. The van der Waals surface area contributed by atoms with E-state index in [2.05, 4.69) is 15.8 Å². The third-order valence-corrected chi connectivity index (χ3v) is 7.93. The summed E-state index contributed by atoms with van der Waals surface area (Å²) in [7, 11) is -3.67. The molecule has 0 spiro atoms. The molecule has 8 heteroatoms. The van der Waals surface area contributed by atoms with E-state index in [1.165, 1.54) is 24.3 Å². The average Bonchev–Trinajstić information content (AvgIpc) is 3.15. The number of ether oxygens (including phenoxy) is 1. The molecule has 3 aromatic rings. The number of aromatic nitrogens is 1. The van der Waals surface area contributed by atoms with Crippen molar-refractivity contribution in [3.05, 3.63) is 65.4 Å². The lowest BCUT2D eigenvalue weighted by Crippen LogP contribution is -2.51. The van der Waals surface area contributed by atoms with E-state index >= 15 is 4.39 Å². The first-order chi connectivity index (χ1) is 14.3. The highest BCUT2D eigenvalue weighted by Crippen LogP contribution is 2.43. The summed E-state index contributed by atoms with van der Waals surface area (Å²) in [6.45, 7) is 0. The van der Waals surface area contributed by atoms with Crippen molar-refractivity contribution in [2.75, 3.05) is 7.11 Å². The highest BCUT2D eigenvalue weighted by molar-refractivity contribution is 7.93. The van der Waals surface area contributed by atoms with Crippen LogP contribution in [-0.4, -0.2) is 31.5 Å². The summed E-state index contributed by atoms with van der Waals surface area (Å²) in [5.74, 6) is -2.53. The van der Waals surface area contributed by atoms with Crippen LogP contribution < -0.4 is 0 Å². The van der Waals surface area contributed by atoms with Crippen LogP contribution in [0.4, 0.5) is 4.39 Å². The van der Waals surface area contributed by atoms with Crippen LogP contribution in [0.1, 0.15) is 23.2 Å². The fourth-order valence-corrected chi connectivity index (χ4v) is 6.02. The van der Waals surface area contributed by atoms with Crippen molar-refractivity contribution in [2.24, 2.45) is 5.92 Å². The van der Waals surface area contributed by atoms with E-state index in [0.29, 0.717) is 17.7 Å². The molecule has 1 aromatic heterocycles. The summed E-state index contributed by atoms with van der Waals surface area (Å²) < 4.78 is 47.3. The summed E-state index contributed by atoms with van der Waals surface area (Å²) in [5.41, 5.74) is 2.88. The molecule has 154 valence electrons. The highest BCUT2D eigenvalue weighted by Gasteiger charge is 2.59. The lowest BCUT2D eigenvalue weighted by Gasteiger charge is -2.33. The highest BCUT2D eigenvalue weighted by atomic mass is 32.2. The quantitative estimate of drug-likeness (QED) is 0.644. The normalized spacial score (nSPS) is 18.2. The Morgan fingerprint density at radius 2 is 2.00 bits per heavy atom. The van der Waals surface area contributed by atoms with Gasteiger partial charge < -0.3 is 9.72 Å². The molecule has 4 rings (SSSR count). The van der Waals surface area contributed by atoms with Gasteiger partial charge >= 0.3 is 11.0 Å². The summed E-state index contributed by atoms with van der Waals surface area (Å²) in [6, 6.07) is 14.4. The van der Waals surface area contributed by atoms with E-state index in [-0.39, 0.29) is 17.7 Å². The van der Waals surface area contributed by atoms with Gasteiger partial charge in [-0.3, -0.25) is 0 Å². The number of hydrogen-bond acceptors (Lipinski definition) is 5. The minimum Gasteiger partial charge on any atom is -0.466 e. The molecule has 0 radical (unpaired) electrons. The van der Waals surface area contributed by atoms with Crippen LogP contribution in [0.5, 0.6) is 0 Å². The molecule has 0 bridgehead atoms. The second-order valence-electron chi connectivity index (χ2n) is 7.35. The standard InChI is InChI=1S/C22H19FN2O4S/c1-29-21(26)22(23,30(27,28)16-5-3-2-4-6-16)15-8-9-17-18-11-14(13-24)7-10-19(18)25-20(17)12-15/h2-7,10-11,15,25H,8-9,12H2,1H3. The molecular weight excluding hydrogens is 407 g/mol. The maximum absolute atomic E-state index is 16.3. The Labute approximate surface area is 173 Å². The molecule has 2 aromatic carbocycles. The predicted molar refractivity (Wildman–Crippen MR) is 108 cm³/mol. The summed E-state index contributed by atoms with van der Waals surface area (Å²) in [6.07, 6.45) is 0.555. The van der Waals surface area contributed by atoms with E-state index in [1.54, 1.807) is 24.3 Å². The zero-order valence-corrected chi connectivity index (χ0v) is 17.0. The van der Waals surface area contributed by atoms with E-state index < -0.39 is 26.7 Å². The molecular formula is C22H19FN2O4S. The second-order valence-corrected chi connectivity index (χ2v) is 9.42. The lowest BCUT2D eigenvalue weighted by molar-refractivity contribution is -0.152. The predicted octanol–water partition coefficient (Wildman–Crippen LogP) is 3.46. The maximum Gasteiger partial charge on any atom is 0.360 e. The number of methoxy groups -OCH3 is 1. The average molecular weight is 426 g/mol. The molecule has 0 saturated heterocycles. The van der Waals surface area contributed by atoms with Gasteiger partial charge in [0.25, 0.3) is 0 Å². The smallest absolute Gasteiger partial charge is 0.360 e. The van der Waals surface area contributed by atoms with Crippen LogP contribution in [0.2, 0.25) is 0 Å². The third kappa shape index (κ3) is 2.89. The summed E-state index contributed by atoms with van der Waals surface area (Å²) >= 11 is 0. The Kier molecular flexibility index (Phi) is 4.86. The van der Waals surface area contributed by atoms with Gasteiger partial charge in [-0.15, -0.1) is 0 Å². The molecule has 1 aliphatic carbocycles. The van der Waals surface area contributed by atoms with E-state index in [9.17, 15) is 13.2 Å². The fourth-order valence-electron chi connectivity index (χ4n) is 4.22. The number of carbonyl (C=O) groups excluding carboxylic acids is 1. The van der Waals surface area contributed by atoms with Crippen molar-refractivity contribution in [1.82, 2.24) is 4.98 Å². The number of carbonyl (C=O) groups is 1. The zero-order valence-electron chi connectivity index (χ0n) is 16.2. The maximum atomic E-state index is 16.3. The first-order valence-electron chi connectivity index (χ1n) is 9.43. The van der Waals surface area contributed by atoms with Crippen molar-refractivity contribution in [1.29, 1.82) is 5.26 Å². The van der Waals surface area contributed by atoms with Crippen LogP contribution in [0.3, 0.4) is 0 Å². The molecule has 1 N–H and O–H groups in total. The van der Waals surface area contributed by atoms with Crippen molar-refractivity contribution >= 4 is 26.7 Å². The minimum atomic E-state index is -4.65. The number of benzene rings is 2. The Morgan fingerprint density at radius 3 is 2.67 bits per heavy atom. The number of hydrogen-bond donors (Lipinski definition) is 1. The molecule has 2 atom stereocenters. The number of H-pyrrole nitrogens is 1. The van der Waals surface area contributed by atoms with Crippen molar-refractivity contribution in [3.63, 3.8) is 0 Å². The molecule has 2 unspecified atom stereocenters.